The number of carbonyl (C=O) groups is 1. The predicted molar refractivity (Wildman–Crippen MR) is 143 cm³/mol. The second-order valence-electron chi connectivity index (χ2n) is 10.6. The van der Waals surface area contributed by atoms with Crippen LogP contribution in [0.2, 0.25) is 0 Å². The summed E-state index contributed by atoms with van der Waals surface area (Å²) >= 11 is 1.10. The zero-order valence-corrected chi connectivity index (χ0v) is 23.9. The molecule has 6 heterocycles. The summed E-state index contributed by atoms with van der Waals surface area (Å²) in [6.45, 7) is 2.52. The third-order valence-electron chi connectivity index (χ3n) is 8.13. The number of piperidine rings is 1. The molecular formula is C25H28F3N7O4S2. The molecule has 2 N–H and O–H groups in total. The Bertz CT molecular complexity index is 1610. The first-order valence-electron chi connectivity index (χ1n) is 13.2. The van der Waals surface area contributed by atoms with Crippen LogP contribution in [-0.4, -0.2) is 80.2 Å². The Kier molecular flexibility index (Phi) is 6.67. The third-order valence-corrected chi connectivity index (χ3v) is 11.3. The summed E-state index contributed by atoms with van der Waals surface area (Å²) in [4.78, 5) is 23.9. The van der Waals surface area contributed by atoms with Crippen LogP contribution in [0.1, 0.15) is 53.4 Å². The van der Waals surface area contributed by atoms with E-state index in [4.69, 9.17) is 0 Å². The summed E-state index contributed by atoms with van der Waals surface area (Å²) in [5.41, 5.74) is -1.72. The van der Waals surface area contributed by atoms with Gasteiger partial charge in [-0.05, 0) is 25.3 Å². The van der Waals surface area contributed by atoms with E-state index in [9.17, 15) is 31.5 Å². The highest BCUT2D eigenvalue weighted by molar-refractivity contribution is 7.89. The Morgan fingerprint density at radius 2 is 1.98 bits per heavy atom. The molecule has 41 heavy (non-hydrogen) atoms. The highest BCUT2D eigenvalue weighted by Gasteiger charge is 2.55. The molecule has 6 rings (SSSR count). The predicted octanol–water partition coefficient (Wildman–Crippen LogP) is 3.05. The zero-order valence-electron chi connectivity index (χ0n) is 22.2. The Balaban J connectivity index is 1.25. The van der Waals surface area contributed by atoms with Crippen molar-refractivity contribution < 1.29 is 31.5 Å². The Morgan fingerprint density at radius 3 is 2.61 bits per heavy atom. The normalized spacial score (nSPS) is 23.7. The number of nitrogens with one attached hydrogen (secondary N) is 1. The number of aryl methyl sites for hydroxylation is 1. The summed E-state index contributed by atoms with van der Waals surface area (Å²) in [5, 5.41) is 17.3. The molecule has 3 aromatic heterocycles. The van der Waals surface area contributed by atoms with E-state index in [-0.39, 0.29) is 53.0 Å². The van der Waals surface area contributed by atoms with Gasteiger partial charge in [-0.1, -0.05) is 6.92 Å². The summed E-state index contributed by atoms with van der Waals surface area (Å²) in [6, 6.07) is 1.21. The van der Waals surface area contributed by atoms with Gasteiger partial charge < -0.3 is 15.3 Å². The quantitative estimate of drug-likeness (QED) is 0.435. The van der Waals surface area contributed by atoms with Gasteiger partial charge in [0.05, 0.1) is 34.0 Å². The average molecular weight is 612 g/mol. The number of nitrogens with zero attached hydrogens (tertiary/aromatic N) is 6. The van der Waals surface area contributed by atoms with Gasteiger partial charge in [-0.15, -0.1) is 11.3 Å². The van der Waals surface area contributed by atoms with Gasteiger partial charge in [-0.2, -0.15) is 22.6 Å². The maximum atomic E-state index is 14.0. The number of hydrogen-bond donors (Lipinski definition) is 2. The van der Waals surface area contributed by atoms with E-state index in [1.165, 1.54) is 27.4 Å². The first-order chi connectivity index (χ1) is 19.3. The molecule has 0 aromatic carbocycles. The molecule has 0 saturated carbocycles. The van der Waals surface area contributed by atoms with Crippen molar-refractivity contribution in [1.29, 1.82) is 0 Å². The van der Waals surface area contributed by atoms with Crippen molar-refractivity contribution in [2.45, 2.75) is 61.4 Å². The minimum Gasteiger partial charge on any atom is -0.391 e. The van der Waals surface area contributed by atoms with Crippen LogP contribution in [0.15, 0.2) is 29.6 Å². The van der Waals surface area contributed by atoms with E-state index in [2.05, 4.69) is 20.4 Å². The number of sulfonamides is 1. The van der Waals surface area contributed by atoms with E-state index < -0.39 is 33.4 Å². The number of alkyl halides is 3. The average Bonchev–Trinajstić information content (AvgIpc) is 3.68. The van der Waals surface area contributed by atoms with E-state index in [0.29, 0.717) is 36.1 Å². The van der Waals surface area contributed by atoms with E-state index >= 15 is 0 Å². The number of halogens is 3. The maximum absolute atomic E-state index is 14.0. The van der Waals surface area contributed by atoms with E-state index in [1.807, 2.05) is 6.92 Å². The summed E-state index contributed by atoms with van der Waals surface area (Å²) in [5.74, 6) is -0.306. The monoisotopic (exact) mass is 611 g/mol. The fourth-order valence-electron chi connectivity index (χ4n) is 6.05. The number of rotatable bonds is 6. The van der Waals surface area contributed by atoms with Crippen molar-refractivity contribution in [3.05, 3.63) is 40.7 Å². The largest absolute Gasteiger partial charge is 0.420 e. The molecule has 11 nitrogen and oxygen atoms in total. The van der Waals surface area contributed by atoms with Crippen molar-refractivity contribution in [1.82, 2.24) is 29.0 Å². The molecule has 0 aliphatic carbocycles. The van der Waals surface area contributed by atoms with Crippen molar-refractivity contribution in [3.8, 4) is 10.6 Å². The number of carbonyl (C=O) groups excluding carboxylic acids is 1. The minimum absolute atomic E-state index is 0.00966. The number of thiophene rings is 1. The molecule has 2 atom stereocenters. The van der Waals surface area contributed by atoms with Crippen LogP contribution in [0.4, 0.5) is 19.1 Å². The van der Waals surface area contributed by atoms with E-state index in [1.54, 1.807) is 11.9 Å². The maximum Gasteiger partial charge on any atom is 0.420 e. The molecule has 1 amide bonds. The number of aliphatic hydroxyl groups is 1. The van der Waals surface area contributed by atoms with Crippen LogP contribution in [0, 0.1) is 0 Å². The standard InChI is InChI=1S/C25H28F3N7O4S2/c1-3-24-9-15(36)12-35(24)22(37)17-8-19(40-21(17)24)20-18(25(26,27)28)11-29-23(32-20)31-14-4-6-34(7-5-14)41(38,39)16-10-30-33(2)13-16/h8,10-11,13-15,36H,3-7,9,12H2,1-2H3,(H,29,31,32). The number of amides is 1. The highest BCUT2D eigenvalue weighted by Crippen LogP contribution is 2.54. The smallest absolute Gasteiger partial charge is 0.391 e. The lowest BCUT2D eigenvalue weighted by Gasteiger charge is -2.31. The van der Waals surface area contributed by atoms with Crippen LogP contribution in [0.3, 0.4) is 0 Å². The lowest BCUT2D eigenvalue weighted by atomic mass is 9.91. The van der Waals surface area contributed by atoms with Crippen LogP contribution < -0.4 is 5.32 Å². The Labute approximate surface area is 238 Å². The number of anilines is 1. The van der Waals surface area contributed by atoms with Crippen molar-refractivity contribution in [3.63, 3.8) is 0 Å². The van der Waals surface area contributed by atoms with Gasteiger partial charge in [0, 0.05) is 56.4 Å². The number of aliphatic hydroxyl groups excluding tert-OH is 1. The lowest BCUT2D eigenvalue weighted by Crippen LogP contribution is -2.42. The fourth-order valence-corrected chi connectivity index (χ4v) is 8.94. The molecule has 0 radical (unpaired) electrons. The minimum atomic E-state index is -4.73. The fraction of sp³-hybridized carbons (Fsp3) is 0.520. The molecule has 220 valence electrons. The molecule has 2 unspecified atom stereocenters. The molecule has 0 bridgehead atoms. The Morgan fingerprint density at radius 1 is 1.24 bits per heavy atom. The number of aromatic nitrogens is 4. The topological polar surface area (TPSA) is 134 Å². The third kappa shape index (κ3) is 4.60. The van der Waals surface area contributed by atoms with Crippen LogP contribution >= 0.6 is 11.3 Å². The Hall–Kier alpha value is -3.08. The van der Waals surface area contributed by atoms with Gasteiger partial charge in [-0.3, -0.25) is 9.48 Å². The molecule has 3 aromatic rings. The van der Waals surface area contributed by atoms with Gasteiger partial charge in [0.1, 0.15) is 10.5 Å². The van der Waals surface area contributed by atoms with Crippen molar-refractivity contribution in [2.75, 3.05) is 25.0 Å². The summed E-state index contributed by atoms with van der Waals surface area (Å²) < 4.78 is 70.7. The second-order valence-corrected chi connectivity index (χ2v) is 13.6. The molecule has 2 saturated heterocycles. The summed E-state index contributed by atoms with van der Waals surface area (Å²) in [7, 11) is -2.07. The van der Waals surface area contributed by atoms with Gasteiger partial charge in [-0.25, -0.2) is 18.4 Å². The number of hydrogen-bond acceptors (Lipinski definition) is 9. The molecule has 16 heteroatoms. The molecular weight excluding hydrogens is 583 g/mol. The van der Waals surface area contributed by atoms with Gasteiger partial charge in [0.15, 0.2) is 0 Å². The molecule has 0 spiro atoms. The van der Waals surface area contributed by atoms with Crippen LogP contribution in [0.25, 0.3) is 10.6 Å². The highest BCUT2D eigenvalue weighted by atomic mass is 32.2. The van der Waals surface area contributed by atoms with Crippen molar-refractivity contribution >= 4 is 33.2 Å². The first kappa shape index (κ1) is 28.1. The van der Waals surface area contributed by atoms with Gasteiger partial charge >= 0.3 is 6.18 Å². The lowest BCUT2D eigenvalue weighted by molar-refractivity contribution is -0.137. The molecule has 2 fully saturated rings. The van der Waals surface area contributed by atoms with Crippen molar-refractivity contribution in [2.24, 2.45) is 7.05 Å². The second kappa shape index (κ2) is 9.74. The molecule has 3 aliphatic rings. The molecule has 3 aliphatic heterocycles. The summed E-state index contributed by atoms with van der Waals surface area (Å²) in [6.07, 6.45) is -0.294. The van der Waals surface area contributed by atoms with E-state index in [0.717, 1.165) is 17.5 Å². The number of fused-ring (bicyclic) bond motifs is 3. The van der Waals surface area contributed by atoms with Gasteiger partial charge in [0.25, 0.3) is 5.91 Å². The van der Waals surface area contributed by atoms with Gasteiger partial charge in [0.2, 0.25) is 16.0 Å². The van der Waals surface area contributed by atoms with Crippen LogP contribution in [-0.2, 0) is 28.8 Å². The van der Waals surface area contributed by atoms with Crippen LogP contribution in [0.5, 0.6) is 0 Å². The zero-order chi connectivity index (χ0) is 29.3. The first-order valence-corrected chi connectivity index (χ1v) is 15.4. The SMILES string of the molecule is CCC12CC(O)CN1C(=O)c1cc(-c3nc(NC4CCN(S(=O)(=O)c5cnn(C)c5)CC4)ncc3C(F)(F)F)sc12.